The lowest BCUT2D eigenvalue weighted by molar-refractivity contribution is 0.101. The van der Waals surface area contributed by atoms with Crippen molar-refractivity contribution in [3.63, 3.8) is 0 Å². The fourth-order valence-electron chi connectivity index (χ4n) is 1.32. The van der Waals surface area contributed by atoms with Crippen LogP contribution in [0.1, 0.15) is 10.4 Å². The summed E-state index contributed by atoms with van der Waals surface area (Å²) in [6, 6.07) is 0. The van der Waals surface area contributed by atoms with Crippen LogP contribution in [0.5, 0.6) is 0 Å². The van der Waals surface area contributed by atoms with Crippen molar-refractivity contribution >= 4 is 18.1 Å². The van der Waals surface area contributed by atoms with Gasteiger partial charge in [0.15, 0.2) is 23.3 Å². The minimum absolute atomic E-state index is 0.510. The van der Waals surface area contributed by atoms with Crippen molar-refractivity contribution in [2.24, 2.45) is 0 Å². The quantitative estimate of drug-likeness (QED) is 0.532. The third-order valence-electron chi connectivity index (χ3n) is 2.25. The third-order valence-corrected chi connectivity index (χ3v) is 2.25. The summed E-state index contributed by atoms with van der Waals surface area (Å²) < 4.78 is 65.5. The molecule has 0 aliphatic heterocycles. The Balaban J connectivity index is 2.42. The first-order valence-electron chi connectivity index (χ1n) is 5.11. The molecule has 0 fully saturated rings. The van der Waals surface area contributed by atoms with E-state index < -0.39 is 46.5 Å². The number of halogens is 5. The fourth-order valence-corrected chi connectivity index (χ4v) is 1.32. The van der Waals surface area contributed by atoms with Gasteiger partial charge in [0.2, 0.25) is 5.82 Å². The lowest BCUT2D eigenvalue weighted by atomic mass is 10.1. The van der Waals surface area contributed by atoms with Crippen molar-refractivity contribution in [1.29, 1.82) is 0 Å². The Morgan fingerprint density at radius 2 is 1.57 bits per heavy atom. The van der Waals surface area contributed by atoms with Gasteiger partial charge in [-0.3, -0.25) is 10.1 Å². The largest absolute Gasteiger partial charge is 0.288 e. The smallest absolute Gasteiger partial charge is 0.270 e. The Bertz CT molecular complexity index is 715. The molecule has 1 N–H and O–H groups in total. The fraction of sp³-hybridized carbons (Fsp3) is 0. The molecule has 2 rings (SSSR count). The van der Waals surface area contributed by atoms with E-state index in [1.54, 1.807) is 5.32 Å². The Labute approximate surface area is 112 Å². The topological polar surface area (TPSA) is 72.7 Å². The second-order valence-electron chi connectivity index (χ2n) is 3.52. The van der Waals surface area contributed by atoms with Gasteiger partial charge in [0.25, 0.3) is 11.9 Å². The van der Waals surface area contributed by atoms with Crippen LogP contribution in [-0.4, -0.2) is 26.1 Å². The molecule has 1 aromatic carbocycles. The van der Waals surface area contributed by atoms with E-state index in [9.17, 15) is 26.7 Å². The van der Waals surface area contributed by atoms with Crippen molar-refractivity contribution in [2.75, 3.05) is 5.32 Å². The Morgan fingerprint density at radius 3 is 2.05 bits per heavy atom. The highest BCUT2D eigenvalue weighted by Gasteiger charge is 2.30. The van der Waals surface area contributed by atoms with Crippen LogP contribution in [0.2, 0.25) is 0 Å². The van der Waals surface area contributed by atoms with Crippen molar-refractivity contribution in [1.82, 2.24) is 20.2 Å². The second-order valence-corrected chi connectivity index (χ2v) is 3.52. The number of amides is 1. The number of carbonyl (C=O) groups is 1. The second kappa shape index (κ2) is 5.26. The molecule has 1 amide bonds. The number of tetrazole rings is 1. The van der Waals surface area contributed by atoms with Gasteiger partial charge in [-0.25, -0.2) is 22.0 Å². The SMILES string of the molecule is C=Cn1nnc(NC(=O)c2c(F)c(F)c(F)c(F)c2F)n1. The average molecular weight is 305 g/mol. The maximum atomic E-state index is 13.4. The minimum atomic E-state index is -2.36. The summed E-state index contributed by atoms with van der Waals surface area (Å²) in [7, 11) is 0. The molecule has 110 valence electrons. The van der Waals surface area contributed by atoms with Gasteiger partial charge in [0.1, 0.15) is 5.56 Å². The van der Waals surface area contributed by atoms with Gasteiger partial charge in [-0.1, -0.05) is 11.7 Å². The maximum absolute atomic E-state index is 13.4. The van der Waals surface area contributed by atoms with E-state index in [1.807, 2.05) is 0 Å². The molecule has 0 unspecified atom stereocenters. The van der Waals surface area contributed by atoms with E-state index in [1.165, 1.54) is 0 Å². The van der Waals surface area contributed by atoms with Crippen molar-refractivity contribution in [2.45, 2.75) is 0 Å². The number of nitrogens with one attached hydrogen (secondary N) is 1. The number of benzene rings is 1. The van der Waals surface area contributed by atoms with E-state index in [0.717, 1.165) is 11.0 Å². The van der Waals surface area contributed by atoms with Gasteiger partial charge in [0, 0.05) is 6.20 Å². The van der Waals surface area contributed by atoms with Gasteiger partial charge >= 0.3 is 0 Å². The maximum Gasteiger partial charge on any atom is 0.270 e. The first-order valence-corrected chi connectivity index (χ1v) is 5.11. The molecule has 2 aromatic rings. The predicted molar refractivity (Wildman–Crippen MR) is 58.4 cm³/mol. The summed E-state index contributed by atoms with van der Waals surface area (Å²) in [5, 5.41) is 11.8. The molecular formula is C10H4F5N5O. The van der Waals surface area contributed by atoms with Crippen LogP contribution in [0.3, 0.4) is 0 Å². The highest BCUT2D eigenvalue weighted by atomic mass is 19.2. The van der Waals surface area contributed by atoms with Crippen LogP contribution in [-0.2, 0) is 0 Å². The van der Waals surface area contributed by atoms with E-state index in [2.05, 4.69) is 22.0 Å². The average Bonchev–Trinajstić information content (AvgIpc) is 2.90. The van der Waals surface area contributed by atoms with Crippen molar-refractivity contribution < 1.29 is 26.7 Å². The first-order chi connectivity index (χ1) is 9.86. The first kappa shape index (κ1) is 14.6. The van der Waals surface area contributed by atoms with Crippen LogP contribution in [0, 0.1) is 29.1 Å². The number of aromatic nitrogens is 4. The summed E-state index contributed by atoms with van der Waals surface area (Å²) in [6.45, 7) is 3.27. The van der Waals surface area contributed by atoms with Crippen LogP contribution in [0.4, 0.5) is 27.9 Å². The molecule has 1 aromatic heterocycles. The molecule has 1 heterocycles. The Hall–Kier alpha value is -2.85. The van der Waals surface area contributed by atoms with Crippen LogP contribution >= 0.6 is 0 Å². The van der Waals surface area contributed by atoms with E-state index >= 15 is 0 Å². The highest BCUT2D eigenvalue weighted by Crippen LogP contribution is 2.23. The summed E-state index contributed by atoms with van der Waals surface area (Å²) in [5.41, 5.74) is -1.65. The number of anilines is 1. The molecule has 0 radical (unpaired) electrons. The molecule has 0 aliphatic carbocycles. The van der Waals surface area contributed by atoms with Crippen LogP contribution in [0.15, 0.2) is 6.58 Å². The van der Waals surface area contributed by atoms with E-state index in [4.69, 9.17) is 0 Å². The van der Waals surface area contributed by atoms with Crippen LogP contribution < -0.4 is 5.32 Å². The zero-order valence-electron chi connectivity index (χ0n) is 9.87. The molecule has 0 bridgehead atoms. The summed E-state index contributed by atoms with van der Waals surface area (Å²) >= 11 is 0. The molecular weight excluding hydrogens is 301 g/mol. The number of hydrogen-bond donors (Lipinski definition) is 1. The number of rotatable bonds is 3. The van der Waals surface area contributed by atoms with Crippen molar-refractivity contribution in [3.05, 3.63) is 41.2 Å². The van der Waals surface area contributed by atoms with Gasteiger partial charge in [-0.05, 0) is 5.21 Å². The zero-order valence-corrected chi connectivity index (χ0v) is 9.87. The monoisotopic (exact) mass is 305 g/mol. The molecule has 6 nitrogen and oxygen atoms in total. The minimum Gasteiger partial charge on any atom is -0.288 e. The lowest BCUT2D eigenvalue weighted by Gasteiger charge is -2.06. The Kier molecular flexibility index (Phi) is 3.65. The lowest BCUT2D eigenvalue weighted by Crippen LogP contribution is -2.20. The summed E-state index contributed by atoms with van der Waals surface area (Å²) in [6.07, 6.45) is 1.08. The third kappa shape index (κ3) is 2.44. The molecule has 0 spiro atoms. The molecule has 0 aliphatic rings. The van der Waals surface area contributed by atoms with Crippen molar-refractivity contribution in [3.8, 4) is 0 Å². The standard InChI is InChI=1S/C10H4F5N5O/c1-2-20-18-10(17-19-20)16-9(21)3-4(11)6(13)8(15)7(14)5(3)12/h2H,1H2,(H,16,18,21). The summed E-state index contributed by atoms with van der Waals surface area (Å²) in [5.74, 6) is -13.5. The molecule has 0 saturated carbocycles. The number of carbonyl (C=O) groups excluding carboxylic acids is 1. The Morgan fingerprint density at radius 1 is 1.05 bits per heavy atom. The number of nitrogens with zero attached hydrogens (tertiary/aromatic N) is 4. The molecule has 0 saturated heterocycles. The summed E-state index contributed by atoms with van der Waals surface area (Å²) in [4.78, 5) is 12.4. The molecule has 21 heavy (non-hydrogen) atoms. The van der Waals surface area contributed by atoms with Gasteiger partial charge in [-0.2, -0.15) is 0 Å². The number of hydrogen-bond acceptors (Lipinski definition) is 4. The van der Waals surface area contributed by atoms with Gasteiger partial charge in [-0.15, -0.1) is 9.90 Å². The normalized spacial score (nSPS) is 10.5. The van der Waals surface area contributed by atoms with Crippen LogP contribution in [0.25, 0.3) is 6.20 Å². The predicted octanol–water partition coefficient (Wildman–Crippen LogP) is 1.72. The van der Waals surface area contributed by atoms with E-state index in [0.29, 0.717) is 0 Å². The van der Waals surface area contributed by atoms with E-state index in [-0.39, 0.29) is 0 Å². The molecule has 0 atom stereocenters. The van der Waals surface area contributed by atoms with Gasteiger partial charge < -0.3 is 0 Å². The molecule has 11 heteroatoms. The highest BCUT2D eigenvalue weighted by molar-refractivity contribution is 6.03. The zero-order chi connectivity index (χ0) is 15.7. The van der Waals surface area contributed by atoms with Gasteiger partial charge in [0.05, 0.1) is 0 Å².